The van der Waals surface area contributed by atoms with Crippen LogP contribution in [0, 0.1) is 0 Å². The Morgan fingerprint density at radius 3 is 1.95 bits per heavy atom. The fourth-order valence-corrected chi connectivity index (χ4v) is 1.94. The number of carbonyl (C=O) groups is 1. The molecule has 0 spiro atoms. The normalized spacial score (nSPS) is 12.1. The van der Waals surface area contributed by atoms with Gasteiger partial charge in [-0.25, -0.2) is 0 Å². The molecule has 20 heavy (non-hydrogen) atoms. The molecule has 0 aliphatic carbocycles. The molecule has 0 heterocycles. The molecule has 0 fully saturated rings. The summed E-state index contributed by atoms with van der Waals surface area (Å²) in [6, 6.07) is 2.80. The van der Waals surface area contributed by atoms with E-state index in [0.29, 0.717) is 22.8 Å². The molecule has 1 amide bonds. The Morgan fingerprint density at radius 2 is 1.55 bits per heavy atom. The number of amides is 1. The van der Waals surface area contributed by atoms with E-state index in [0.717, 1.165) is 0 Å². The van der Waals surface area contributed by atoms with Crippen LogP contribution in [0.15, 0.2) is 12.1 Å². The first-order valence-corrected chi connectivity index (χ1v) is 6.29. The van der Waals surface area contributed by atoms with Gasteiger partial charge in [-0.15, -0.1) is 0 Å². The van der Waals surface area contributed by atoms with Crippen molar-refractivity contribution >= 4 is 5.91 Å². The van der Waals surface area contributed by atoms with Crippen LogP contribution in [-0.4, -0.2) is 33.3 Å². The summed E-state index contributed by atoms with van der Waals surface area (Å²) in [5, 5.41) is 3.11. The molecule has 112 valence electrons. The smallest absolute Gasteiger partial charge is 0.239 e. The van der Waals surface area contributed by atoms with E-state index in [1.54, 1.807) is 12.1 Å². The van der Waals surface area contributed by atoms with E-state index in [2.05, 4.69) is 5.32 Å². The molecule has 0 saturated carbocycles. The number of benzene rings is 1. The number of carbonyl (C=O) groups excluding carboxylic acids is 1. The van der Waals surface area contributed by atoms with Gasteiger partial charge in [0.05, 0.1) is 21.3 Å². The van der Waals surface area contributed by atoms with E-state index < -0.39 is 11.9 Å². The van der Waals surface area contributed by atoms with Crippen LogP contribution in [0.1, 0.15) is 25.5 Å². The van der Waals surface area contributed by atoms with Gasteiger partial charge in [0.1, 0.15) is 11.8 Å². The zero-order chi connectivity index (χ0) is 15.3. The molecule has 0 bridgehead atoms. The molecule has 6 nitrogen and oxygen atoms in total. The largest absolute Gasteiger partial charge is 0.496 e. The maximum Gasteiger partial charge on any atom is 0.239 e. The third kappa shape index (κ3) is 3.54. The van der Waals surface area contributed by atoms with Crippen LogP contribution in [0.2, 0.25) is 0 Å². The van der Waals surface area contributed by atoms with Gasteiger partial charge in [0.15, 0.2) is 11.5 Å². The van der Waals surface area contributed by atoms with Gasteiger partial charge < -0.3 is 19.9 Å². The number of ether oxygens (including phenoxy) is 3. The molecule has 0 aliphatic heterocycles. The van der Waals surface area contributed by atoms with E-state index >= 15 is 0 Å². The number of hydrogen-bond acceptors (Lipinski definition) is 5. The number of methoxy groups -OCH3 is 3. The lowest BCUT2D eigenvalue weighted by Crippen LogP contribution is -2.37. The van der Waals surface area contributed by atoms with Gasteiger partial charge in [-0.1, -0.05) is 0 Å². The summed E-state index contributed by atoms with van der Waals surface area (Å²) in [4.78, 5) is 11.7. The highest BCUT2D eigenvalue weighted by Gasteiger charge is 2.24. The van der Waals surface area contributed by atoms with Gasteiger partial charge in [-0.3, -0.25) is 10.1 Å². The van der Waals surface area contributed by atoms with Crippen LogP contribution in [0.5, 0.6) is 17.2 Å². The lowest BCUT2D eigenvalue weighted by atomic mass is 10.0. The van der Waals surface area contributed by atoms with E-state index in [4.69, 9.17) is 19.9 Å². The van der Waals surface area contributed by atoms with Crippen molar-refractivity contribution in [1.29, 1.82) is 0 Å². The van der Waals surface area contributed by atoms with Crippen molar-refractivity contribution < 1.29 is 19.0 Å². The molecule has 0 radical (unpaired) electrons. The predicted molar refractivity (Wildman–Crippen MR) is 76.3 cm³/mol. The van der Waals surface area contributed by atoms with Crippen molar-refractivity contribution in [1.82, 2.24) is 5.32 Å². The number of nitrogens with one attached hydrogen (secondary N) is 1. The molecule has 0 aromatic heterocycles. The molecule has 0 aliphatic rings. The standard InChI is InChI=1S/C14H22N2O4/c1-8(2)16-13(14(15)17)9-6-11(19-4)12(20-5)7-10(9)18-3/h6-8,13,16H,1-5H3,(H2,15,17). The first kappa shape index (κ1) is 16.1. The third-order valence-electron chi connectivity index (χ3n) is 2.83. The Bertz CT molecular complexity index is 474. The fraction of sp³-hybridized carbons (Fsp3) is 0.500. The minimum atomic E-state index is -0.662. The summed E-state index contributed by atoms with van der Waals surface area (Å²) in [7, 11) is 4.59. The molecule has 0 saturated heterocycles. The number of hydrogen-bond donors (Lipinski definition) is 2. The van der Waals surface area contributed by atoms with Crippen LogP contribution in [0.4, 0.5) is 0 Å². The van der Waals surface area contributed by atoms with Crippen molar-refractivity contribution in [3.63, 3.8) is 0 Å². The Balaban J connectivity index is 3.35. The van der Waals surface area contributed by atoms with Crippen molar-refractivity contribution in [3.05, 3.63) is 17.7 Å². The van der Waals surface area contributed by atoms with E-state index in [-0.39, 0.29) is 6.04 Å². The summed E-state index contributed by atoms with van der Waals surface area (Å²) in [6.45, 7) is 3.87. The second-order valence-electron chi connectivity index (χ2n) is 4.61. The van der Waals surface area contributed by atoms with Crippen molar-refractivity contribution in [3.8, 4) is 17.2 Å². The third-order valence-corrected chi connectivity index (χ3v) is 2.83. The van der Waals surface area contributed by atoms with E-state index in [9.17, 15) is 4.79 Å². The second-order valence-corrected chi connectivity index (χ2v) is 4.61. The molecular weight excluding hydrogens is 260 g/mol. The van der Waals surface area contributed by atoms with Gasteiger partial charge in [-0.05, 0) is 19.9 Å². The number of primary amides is 1. The Morgan fingerprint density at radius 1 is 1.05 bits per heavy atom. The predicted octanol–water partition coefficient (Wildman–Crippen LogP) is 1.24. The summed E-state index contributed by atoms with van der Waals surface area (Å²) >= 11 is 0. The molecule has 3 N–H and O–H groups in total. The molecule has 1 aromatic rings. The average Bonchev–Trinajstić information content (AvgIpc) is 2.42. The lowest BCUT2D eigenvalue weighted by Gasteiger charge is -2.22. The van der Waals surface area contributed by atoms with Crippen LogP contribution >= 0.6 is 0 Å². The molecular formula is C14H22N2O4. The summed E-state index contributed by atoms with van der Waals surface area (Å²) in [6.07, 6.45) is 0. The molecule has 6 heteroatoms. The van der Waals surface area contributed by atoms with Crippen LogP contribution in [-0.2, 0) is 4.79 Å². The Labute approximate surface area is 119 Å². The number of nitrogens with two attached hydrogens (primary N) is 1. The lowest BCUT2D eigenvalue weighted by molar-refractivity contribution is -0.120. The van der Waals surface area contributed by atoms with Gasteiger partial charge >= 0.3 is 0 Å². The first-order valence-electron chi connectivity index (χ1n) is 6.29. The molecule has 1 unspecified atom stereocenters. The van der Waals surface area contributed by atoms with Crippen molar-refractivity contribution in [2.75, 3.05) is 21.3 Å². The van der Waals surface area contributed by atoms with Crippen molar-refractivity contribution in [2.45, 2.75) is 25.9 Å². The summed E-state index contributed by atoms with van der Waals surface area (Å²) in [5.74, 6) is 1.07. The van der Waals surface area contributed by atoms with Gasteiger partial charge in [-0.2, -0.15) is 0 Å². The SMILES string of the molecule is COc1cc(OC)c(C(NC(C)C)C(N)=O)cc1OC. The maximum absolute atomic E-state index is 11.7. The summed E-state index contributed by atoms with van der Waals surface area (Å²) in [5.41, 5.74) is 6.09. The van der Waals surface area contributed by atoms with Crippen molar-refractivity contribution in [2.24, 2.45) is 5.73 Å². The van der Waals surface area contributed by atoms with Gasteiger partial charge in [0, 0.05) is 17.7 Å². The highest BCUT2D eigenvalue weighted by molar-refractivity contribution is 5.82. The van der Waals surface area contributed by atoms with Crippen LogP contribution in [0.25, 0.3) is 0 Å². The van der Waals surface area contributed by atoms with E-state index in [1.807, 2.05) is 13.8 Å². The molecule has 1 rings (SSSR count). The Hall–Kier alpha value is -1.95. The summed E-state index contributed by atoms with van der Waals surface area (Å²) < 4.78 is 15.8. The highest BCUT2D eigenvalue weighted by atomic mass is 16.5. The van der Waals surface area contributed by atoms with Gasteiger partial charge in [0.25, 0.3) is 0 Å². The van der Waals surface area contributed by atoms with Crippen LogP contribution < -0.4 is 25.3 Å². The average molecular weight is 282 g/mol. The number of rotatable bonds is 7. The zero-order valence-electron chi connectivity index (χ0n) is 12.5. The topological polar surface area (TPSA) is 82.8 Å². The van der Waals surface area contributed by atoms with Crippen LogP contribution in [0.3, 0.4) is 0 Å². The minimum Gasteiger partial charge on any atom is -0.496 e. The maximum atomic E-state index is 11.7. The zero-order valence-corrected chi connectivity index (χ0v) is 12.5. The fourth-order valence-electron chi connectivity index (χ4n) is 1.94. The second kappa shape index (κ2) is 7.00. The van der Waals surface area contributed by atoms with E-state index in [1.165, 1.54) is 21.3 Å². The monoisotopic (exact) mass is 282 g/mol. The highest BCUT2D eigenvalue weighted by Crippen LogP contribution is 2.37. The Kier molecular flexibility index (Phi) is 5.64. The molecule has 1 aromatic carbocycles. The quantitative estimate of drug-likeness (QED) is 0.786. The minimum absolute atomic E-state index is 0.0882. The first-order chi connectivity index (χ1) is 9.44. The van der Waals surface area contributed by atoms with Gasteiger partial charge in [0.2, 0.25) is 5.91 Å². The molecule has 1 atom stereocenters.